The zero-order valence-electron chi connectivity index (χ0n) is 15.6. The van der Waals surface area contributed by atoms with Crippen LogP contribution < -0.4 is 0 Å². The van der Waals surface area contributed by atoms with E-state index in [0.29, 0.717) is 18.7 Å². The number of carbonyl (C=O) groups is 2. The first kappa shape index (κ1) is 18.9. The molecule has 6 nitrogen and oxygen atoms in total. The van der Waals surface area contributed by atoms with Gasteiger partial charge in [0.2, 0.25) is 0 Å². The lowest BCUT2D eigenvalue weighted by atomic mass is 9.98. The maximum Gasteiger partial charge on any atom is 0.411 e. The van der Waals surface area contributed by atoms with E-state index in [1.807, 2.05) is 47.1 Å². The van der Waals surface area contributed by atoms with E-state index < -0.39 is 0 Å². The minimum Gasteiger partial charge on any atom is -0.439 e. The summed E-state index contributed by atoms with van der Waals surface area (Å²) in [5.41, 5.74) is 1.59. The van der Waals surface area contributed by atoms with Gasteiger partial charge in [-0.25, -0.2) is 4.79 Å². The second-order valence-corrected chi connectivity index (χ2v) is 8.19. The van der Waals surface area contributed by atoms with E-state index in [4.69, 9.17) is 4.74 Å². The van der Waals surface area contributed by atoms with Gasteiger partial charge in [-0.1, -0.05) is 30.3 Å². The molecule has 2 unspecified atom stereocenters. The van der Waals surface area contributed by atoms with Gasteiger partial charge in [0.15, 0.2) is 0 Å². The Labute approximate surface area is 172 Å². The minimum absolute atomic E-state index is 0.0218. The molecule has 0 saturated carbocycles. The van der Waals surface area contributed by atoms with E-state index in [1.54, 1.807) is 18.5 Å². The molecular formula is C21H22BrN3O3. The standard InChI is InChI=1S/C21H22BrN3O3/c1-14-19(15-5-3-2-4-6-15)28-21(27)25(14)18-7-9-24(10-8-18)20(26)16-11-17(22)13-23-12-16/h2-6,11-14,18-19H,7-10H2,1H3. The summed E-state index contributed by atoms with van der Waals surface area (Å²) in [6, 6.07) is 11.7. The number of nitrogens with zero attached hydrogens (tertiary/aromatic N) is 3. The number of halogens is 1. The molecule has 28 heavy (non-hydrogen) atoms. The van der Waals surface area contributed by atoms with Gasteiger partial charge >= 0.3 is 6.09 Å². The second-order valence-electron chi connectivity index (χ2n) is 7.28. The molecule has 2 aliphatic rings. The zero-order valence-corrected chi connectivity index (χ0v) is 17.2. The molecule has 0 spiro atoms. The van der Waals surface area contributed by atoms with Crippen molar-refractivity contribution >= 4 is 27.9 Å². The third-order valence-corrected chi connectivity index (χ3v) is 5.97. The van der Waals surface area contributed by atoms with Gasteiger partial charge in [-0.3, -0.25) is 14.7 Å². The highest BCUT2D eigenvalue weighted by atomic mass is 79.9. The smallest absolute Gasteiger partial charge is 0.411 e. The van der Waals surface area contributed by atoms with E-state index in [2.05, 4.69) is 20.9 Å². The van der Waals surface area contributed by atoms with Crippen LogP contribution >= 0.6 is 15.9 Å². The topological polar surface area (TPSA) is 62.7 Å². The second kappa shape index (κ2) is 7.91. The van der Waals surface area contributed by atoms with Crippen molar-refractivity contribution in [2.45, 2.75) is 38.0 Å². The Bertz CT molecular complexity index is 868. The Balaban J connectivity index is 1.41. The number of piperidine rings is 1. The number of benzene rings is 1. The van der Waals surface area contributed by atoms with Gasteiger partial charge in [-0.2, -0.15) is 0 Å². The van der Waals surface area contributed by atoms with Crippen LogP contribution in [0.4, 0.5) is 4.79 Å². The lowest BCUT2D eigenvalue weighted by molar-refractivity contribution is 0.0640. The molecule has 2 aromatic rings. The van der Waals surface area contributed by atoms with Crippen molar-refractivity contribution in [3.63, 3.8) is 0 Å². The Morgan fingerprint density at radius 1 is 1.18 bits per heavy atom. The van der Waals surface area contributed by atoms with Crippen LogP contribution in [0, 0.1) is 0 Å². The van der Waals surface area contributed by atoms with Crippen LogP contribution in [0.1, 0.15) is 41.8 Å². The van der Waals surface area contributed by atoms with Crippen molar-refractivity contribution in [3.05, 3.63) is 64.4 Å². The number of hydrogen-bond acceptors (Lipinski definition) is 4. The highest BCUT2D eigenvalue weighted by Gasteiger charge is 2.44. The molecule has 0 radical (unpaired) electrons. The van der Waals surface area contributed by atoms with E-state index in [-0.39, 0.29) is 30.2 Å². The molecule has 7 heteroatoms. The summed E-state index contributed by atoms with van der Waals surface area (Å²) in [6.45, 7) is 3.26. The molecule has 2 fully saturated rings. The maximum atomic E-state index is 12.7. The quantitative estimate of drug-likeness (QED) is 0.717. The number of pyridine rings is 1. The average molecular weight is 444 g/mol. The molecule has 2 aliphatic heterocycles. The van der Waals surface area contributed by atoms with Crippen LogP contribution in [0.5, 0.6) is 0 Å². The third kappa shape index (κ3) is 3.63. The molecule has 2 atom stereocenters. The first-order chi connectivity index (χ1) is 13.5. The molecule has 2 amide bonds. The highest BCUT2D eigenvalue weighted by molar-refractivity contribution is 9.10. The van der Waals surface area contributed by atoms with Gasteiger partial charge in [0.25, 0.3) is 5.91 Å². The van der Waals surface area contributed by atoms with E-state index in [9.17, 15) is 9.59 Å². The summed E-state index contributed by atoms with van der Waals surface area (Å²) < 4.78 is 6.46. The molecule has 1 aromatic carbocycles. The largest absolute Gasteiger partial charge is 0.439 e. The number of hydrogen-bond donors (Lipinski definition) is 0. The van der Waals surface area contributed by atoms with Crippen molar-refractivity contribution in [3.8, 4) is 0 Å². The Kier molecular flexibility index (Phi) is 5.35. The average Bonchev–Trinajstić information content (AvgIpc) is 3.02. The zero-order chi connectivity index (χ0) is 19.7. The first-order valence-corrected chi connectivity index (χ1v) is 10.3. The lowest BCUT2D eigenvalue weighted by Gasteiger charge is -2.37. The molecule has 1 aromatic heterocycles. The number of rotatable bonds is 3. The molecular weight excluding hydrogens is 422 g/mol. The Morgan fingerprint density at radius 3 is 2.57 bits per heavy atom. The van der Waals surface area contributed by atoms with Gasteiger partial charge in [-0.05, 0) is 47.3 Å². The SMILES string of the molecule is CC1C(c2ccccc2)OC(=O)N1C1CCN(C(=O)c2cncc(Br)c2)CC1. The number of amides is 2. The summed E-state index contributed by atoms with van der Waals surface area (Å²) in [5.74, 6) is -0.0218. The van der Waals surface area contributed by atoms with Crippen LogP contribution in [0.3, 0.4) is 0 Å². The van der Waals surface area contributed by atoms with E-state index >= 15 is 0 Å². The molecule has 0 aliphatic carbocycles. The number of ether oxygens (including phenoxy) is 1. The van der Waals surface area contributed by atoms with Crippen LogP contribution in [0.25, 0.3) is 0 Å². The van der Waals surface area contributed by atoms with Gasteiger partial charge in [0, 0.05) is 36.0 Å². The van der Waals surface area contributed by atoms with Crippen LogP contribution in [0.15, 0.2) is 53.3 Å². The van der Waals surface area contributed by atoms with Crippen molar-refractivity contribution < 1.29 is 14.3 Å². The Hall–Kier alpha value is -2.41. The van der Waals surface area contributed by atoms with Crippen molar-refractivity contribution in [1.29, 1.82) is 0 Å². The van der Waals surface area contributed by atoms with Crippen LogP contribution in [-0.4, -0.2) is 52.0 Å². The van der Waals surface area contributed by atoms with E-state index in [1.165, 1.54) is 0 Å². The summed E-state index contributed by atoms with van der Waals surface area (Å²) in [7, 11) is 0. The predicted octanol–water partition coefficient (Wildman–Crippen LogP) is 4.03. The number of likely N-dealkylation sites (tertiary alicyclic amines) is 1. The monoisotopic (exact) mass is 443 g/mol. The summed E-state index contributed by atoms with van der Waals surface area (Å²) in [6.07, 6.45) is 4.22. The summed E-state index contributed by atoms with van der Waals surface area (Å²) in [4.78, 5) is 33.0. The lowest BCUT2D eigenvalue weighted by Crippen LogP contribution is -2.49. The Morgan fingerprint density at radius 2 is 1.89 bits per heavy atom. The maximum absolute atomic E-state index is 12.7. The van der Waals surface area contributed by atoms with Crippen molar-refractivity contribution in [1.82, 2.24) is 14.8 Å². The van der Waals surface area contributed by atoms with Gasteiger partial charge in [-0.15, -0.1) is 0 Å². The highest BCUT2D eigenvalue weighted by Crippen LogP contribution is 2.35. The fraction of sp³-hybridized carbons (Fsp3) is 0.381. The van der Waals surface area contributed by atoms with Crippen LogP contribution in [0.2, 0.25) is 0 Å². The molecule has 0 bridgehead atoms. The number of cyclic esters (lactones) is 1. The molecule has 3 heterocycles. The third-order valence-electron chi connectivity index (χ3n) is 5.54. The molecule has 2 saturated heterocycles. The predicted molar refractivity (Wildman–Crippen MR) is 108 cm³/mol. The normalized spacial score (nSPS) is 23.0. The van der Waals surface area contributed by atoms with Crippen LogP contribution in [-0.2, 0) is 4.74 Å². The number of aromatic nitrogens is 1. The first-order valence-electron chi connectivity index (χ1n) is 9.48. The van der Waals surface area contributed by atoms with Gasteiger partial charge in [0.1, 0.15) is 6.10 Å². The number of carbonyl (C=O) groups excluding carboxylic acids is 2. The van der Waals surface area contributed by atoms with E-state index in [0.717, 1.165) is 22.9 Å². The summed E-state index contributed by atoms with van der Waals surface area (Å²) in [5, 5.41) is 0. The van der Waals surface area contributed by atoms with Crippen molar-refractivity contribution in [2.24, 2.45) is 0 Å². The molecule has 4 rings (SSSR count). The minimum atomic E-state index is -0.262. The summed E-state index contributed by atoms with van der Waals surface area (Å²) >= 11 is 3.36. The molecule has 146 valence electrons. The molecule has 0 N–H and O–H groups in total. The van der Waals surface area contributed by atoms with Gasteiger partial charge < -0.3 is 9.64 Å². The fourth-order valence-electron chi connectivity index (χ4n) is 4.11. The van der Waals surface area contributed by atoms with Gasteiger partial charge in [0.05, 0.1) is 11.6 Å². The van der Waals surface area contributed by atoms with Crippen molar-refractivity contribution in [2.75, 3.05) is 13.1 Å². The fourth-order valence-corrected chi connectivity index (χ4v) is 4.47.